The molecule has 0 saturated carbocycles. The summed E-state index contributed by atoms with van der Waals surface area (Å²) in [7, 11) is 1.13. The zero-order valence-electron chi connectivity index (χ0n) is 7.76. The molecule has 7 heteroatoms. The number of nitrogens with zero attached hydrogens (tertiary/aromatic N) is 1. The average molecular weight is 212 g/mol. The number of nitro benzene ring substituents is 1. The van der Waals surface area contributed by atoms with Gasteiger partial charge in [0.1, 0.15) is 5.75 Å². The Labute approximate surface area is 84.2 Å². The third-order valence-electron chi connectivity index (χ3n) is 1.75. The van der Waals surface area contributed by atoms with E-state index < -0.39 is 22.3 Å². The predicted octanol–water partition coefficient (Wildman–Crippen LogP) is 0.669. The van der Waals surface area contributed by atoms with Crippen LogP contribution in [0, 0.1) is 10.1 Å². The number of phenols is 1. The molecule has 1 aromatic carbocycles. The lowest BCUT2D eigenvalue weighted by molar-refractivity contribution is -0.384. The summed E-state index contributed by atoms with van der Waals surface area (Å²) in [5.74, 6) is -1.31. The number of rotatable bonds is 2. The van der Waals surface area contributed by atoms with Crippen LogP contribution >= 0.6 is 0 Å². The number of methoxy groups -OCH3 is 1. The number of esters is 1. The van der Waals surface area contributed by atoms with Crippen LogP contribution in [0.2, 0.25) is 0 Å². The molecular formula is C8H8N2O5. The molecule has 0 atom stereocenters. The summed E-state index contributed by atoms with van der Waals surface area (Å²) in [6, 6.07) is 1.95. The van der Waals surface area contributed by atoms with Gasteiger partial charge in [-0.1, -0.05) is 0 Å². The zero-order valence-corrected chi connectivity index (χ0v) is 7.76. The summed E-state index contributed by atoms with van der Waals surface area (Å²) in [5.41, 5.74) is 4.21. The standard InChI is InChI=1S/C8H8N2O5/c1-15-8(12)4-2-5(10(13)14)7(9)6(11)3-4/h2-3,11H,9H2,1H3. The lowest BCUT2D eigenvalue weighted by Crippen LogP contribution is -2.04. The third kappa shape index (κ3) is 1.96. The molecule has 0 bridgehead atoms. The normalized spacial score (nSPS) is 9.67. The highest BCUT2D eigenvalue weighted by Crippen LogP contribution is 2.32. The predicted molar refractivity (Wildman–Crippen MR) is 50.5 cm³/mol. The Morgan fingerprint density at radius 2 is 2.20 bits per heavy atom. The molecule has 0 unspecified atom stereocenters. The second-order valence-corrected chi connectivity index (χ2v) is 2.68. The molecule has 0 saturated heterocycles. The molecule has 1 aromatic rings. The van der Waals surface area contributed by atoms with E-state index in [-0.39, 0.29) is 11.3 Å². The molecule has 0 aliphatic rings. The first-order valence-electron chi connectivity index (χ1n) is 3.82. The Morgan fingerprint density at radius 3 is 2.67 bits per heavy atom. The Bertz CT molecular complexity index is 429. The van der Waals surface area contributed by atoms with Crippen molar-refractivity contribution in [1.82, 2.24) is 0 Å². The van der Waals surface area contributed by atoms with Gasteiger partial charge in [-0.2, -0.15) is 0 Å². The topological polar surface area (TPSA) is 116 Å². The summed E-state index contributed by atoms with van der Waals surface area (Å²) < 4.78 is 4.35. The summed E-state index contributed by atoms with van der Waals surface area (Å²) in [6.45, 7) is 0. The molecular weight excluding hydrogens is 204 g/mol. The smallest absolute Gasteiger partial charge is 0.338 e. The van der Waals surface area contributed by atoms with Gasteiger partial charge in [-0.05, 0) is 6.07 Å². The van der Waals surface area contributed by atoms with E-state index in [1.165, 1.54) is 0 Å². The van der Waals surface area contributed by atoms with Crippen molar-refractivity contribution in [3.05, 3.63) is 27.8 Å². The Balaban J connectivity index is 3.35. The number of anilines is 1. The fraction of sp³-hybridized carbons (Fsp3) is 0.125. The quantitative estimate of drug-likeness (QED) is 0.244. The number of nitro groups is 1. The number of nitrogens with two attached hydrogens (primary N) is 1. The molecule has 1 rings (SSSR count). The molecule has 0 aliphatic carbocycles. The number of hydrogen-bond donors (Lipinski definition) is 2. The van der Waals surface area contributed by atoms with E-state index in [1.54, 1.807) is 0 Å². The van der Waals surface area contributed by atoms with Crippen molar-refractivity contribution in [1.29, 1.82) is 0 Å². The van der Waals surface area contributed by atoms with Gasteiger partial charge < -0.3 is 15.6 Å². The maximum absolute atomic E-state index is 11.1. The summed E-state index contributed by atoms with van der Waals surface area (Å²) in [4.78, 5) is 20.8. The highest BCUT2D eigenvalue weighted by atomic mass is 16.6. The number of hydrogen-bond acceptors (Lipinski definition) is 6. The lowest BCUT2D eigenvalue weighted by Gasteiger charge is -2.03. The second kappa shape index (κ2) is 3.82. The average Bonchev–Trinajstić information content (AvgIpc) is 2.20. The van der Waals surface area contributed by atoms with Gasteiger partial charge in [0.05, 0.1) is 17.6 Å². The van der Waals surface area contributed by atoms with Gasteiger partial charge in [0.15, 0.2) is 5.69 Å². The minimum atomic E-state index is -0.790. The van der Waals surface area contributed by atoms with E-state index in [1.807, 2.05) is 0 Å². The zero-order chi connectivity index (χ0) is 11.6. The molecule has 0 spiro atoms. The Kier molecular flexibility index (Phi) is 2.75. The van der Waals surface area contributed by atoms with Crippen LogP contribution < -0.4 is 5.73 Å². The third-order valence-corrected chi connectivity index (χ3v) is 1.75. The molecule has 0 heterocycles. The summed E-state index contributed by atoms with van der Waals surface area (Å²) in [6.07, 6.45) is 0. The molecule has 0 amide bonds. The molecule has 0 aliphatic heterocycles. The monoisotopic (exact) mass is 212 g/mol. The van der Waals surface area contributed by atoms with Crippen molar-refractivity contribution >= 4 is 17.3 Å². The number of carbonyl (C=O) groups excluding carboxylic acids is 1. The van der Waals surface area contributed by atoms with Crippen molar-refractivity contribution in [3.63, 3.8) is 0 Å². The molecule has 7 nitrogen and oxygen atoms in total. The van der Waals surface area contributed by atoms with Crippen molar-refractivity contribution in [2.24, 2.45) is 0 Å². The van der Waals surface area contributed by atoms with Crippen molar-refractivity contribution in [3.8, 4) is 5.75 Å². The van der Waals surface area contributed by atoms with Gasteiger partial charge in [-0.15, -0.1) is 0 Å². The van der Waals surface area contributed by atoms with Crippen molar-refractivity contribution < 1.29 is 19.6 Å². The SMILES string of the molecule is COC(=O)c1cc(O)c(N)c([N+](=O)[O-])c1. The van der Waals surface area contributed by atoms with Crippen LogP contribution in [0.15, 0.2) is 12.1 Å². The minimum Gasteiger partial charge on any atom is -0.505 e. The van der Waals surface area contributed by atoms with Gasteiger partial charge in [-0.25, -0.2) is 4.79 Å². The van der Waals surface area contributed by atoms with Crippen LogP contribution in [0.3, 0.4) is 0 Å². The van der Waals surface area contributed by atoms with Crippen LogP contribution in [0.25, 0.3) is 0 Å². The van der Waals surface area contributed by atoms with Gasteiger partial charge >= 0.3 is 5.97 Å². The maximum atomic E-state index is 11.1. The van der Waals surface area contributed by atoms with E-state index in [0.29, 0.717) is 0 Å². The molecule has 0 aromatic heterocycles. The highest BCUT2D eigenvalue weighted by Gasteiger charge is 2.20. The molecule has 0 fully saturated rings. The van der Waals surface area contributed by atoms with Crippen LogP contribution in [-0.4, -0.2) is 23.1 Å². The number of nitrogen functional groups attached to an aromatic ring is 1. The molecule has 15 heavy (non-hydrogen) atoms. The van der Waals surface area contributed by atoms with Crippen molar-refractivity contribution in [2.75, 3.05) is 12.8 Å². The second-order valence-electron chi connectivity index (χ2n) is 2.68. The number of phenolic OH excluding ortho intramolecular Hbond substituents is 1. The number of benzene rings is 1. The lowest BCUT2D eigenvalue weighted by atomic mass is 10.1. The summed E-state index contributed by atoms with van der Waals surface area (Å²) >= 11 is 0. The van der Waals surface area contributed by atoms with Gasteiger partial charge in [0, 0.05) is 6.07 Å². The van der Waals surface area contributed by atoms with Crippen LogP contribution in [0.5, 0.6) is 5.75 Å². The van der Waals surface area contributed by atoms with Gasteiger partial charge in [0.25, 0.3) is 5.69 Å². The van der Waals surface area contributed by atoms with E-state index in [9.17, 15) is 20.0 Å². The first-order chi connectivity index (χ1) is 6.97. The first kappa shape index (κ1) is 10.8. The summed E-state index contributed by atoms with van der Waals surface area (Å²) in [5, 5.41) is 19.7. The Hall–Kier alpha value is -2.31. The maximum Gasteiger partial charge on any atom is 0.338 e. The first-order valence-corrected chi connectivity index (χ1v) is 3.82. The fourth-order valence-corrected chi connectivity index (χ4v) is 1.01. The van der Waals surface area contributed by atoms with Crippen molar-refractivity contribution in [2.45, 2.75) is 0 Å². The van der Waals surface area contributed by atoms with E-state index in [4.69, 9.17) is 5.73 Å². The van der Waals surface area contributed by atoms with E-state index >= 15 is 0 Å². The van der Waals surface area contributed by atoms with E-state index in [2.05, 4.69) is 4.74 Å². The van der Waals surface area contributed by atoms with E-state index in [0.717, 1.165) is 19.2 Å². The van der Waals surface area contributed by atoms with Crippen LogP contribution in [-0.2, 0) is 4.74 Å². The van der Waals surface area contributed by atoms with Gasteiger partial charge in [0.2, 0.25) is 0 Å². The molecule has 0 radical (unpaired) electrons. The molecule has 3 N–H and O–H groups in total. The van der Waals surface area contributed by atoms with Crippen LogP contribution in [0.4, 0.5) is 11.4 Å². The number of carbonyl (C=O) groups is 1. The largest absolute Gasteiger partial charge is 0.505 e. The highest BCUT2D eigenvalue weighted by molar-refractivity contribution is 5.92. The van der Waals surface area contributed by atoms with Crippen LogP contribution in [0.1, 0.15) is 10.4 Å². The molecule has 80 valence electrons. The fourth-order valence-electron chi connectivity index (χ4n) is 1.01. The minimum absolute atomic E-state index is 0.129. The van der Waals surface area contributed by atoms with Gasteiger partial charge in [-0.3, -0.25) is 10.1 Å². The Morgan fingerprint density at radius 1 is 1.60 bits per heavy atom. The number of aromatic hydroxyl groups is 1. The number of ether oxygens (including phenoxy) is 1.